The first-order valence-corrected chi connectivity index (χ1v) is 5.80. The number of nitrogens with zero attached hydrogens (tertiary/aromatic N) is 1. The van der Waals surface area contributed by atoms with Crippen LogP contribution in [0.4, 0.5) is 11.5 Å². The Balaban J connectivity index is 2.02. The van der Waals surface area contributed by atoms with Gasteiger partial charge in [0, 0.05) is 36.5 Å². The molecule has 0 aromatic carbocycles. The monoisotopic (exact) mass is 236 g/mol. The van der Waals surface area contributed by atoms with Crippen LogP contribution in [0.1, 0.15) is 20.3 Å². The Morgan fingerprint density at radius 3 is 2.88 bits per heavy atom. The Morgan fingerprint density at radius 1 is 1.53 bits per heavy atom. The van der Waals surface area contributed by atoms with Gasteiger partial charge in [-0.3, -0.25) is 0 Å². The number of hydrazine groups is 1. The van der Waals surface area contributed by atoms with Gasteiger partial charge in [0.25, 0.3) is 0 Å². The fraction of sp³-hybridized carbons (Fsp3) is 0.583. The molecule has 0 radical (unpaired) electrons. The number of rotatable bonds is 4. The minimum Gasteiger partial charge on any atom is -0.381 e. The van der Waals surface area contributed by atoms with Gasteiger partial charge in [-0.1, -0.05) is 13.8 Å². The van der Waals surface area contributed by atoms with Crippen LogP contribution in [0.15, 0.2) is 18.3 Å². The highest BCUT2D eigenvalue weighted by atomic mass is 16.5. The molecular formula is C12H20N4O. The Labute approximate surface area is 102 Å². The summed E-state index contributed by atoms with van der Waals surface area (Å²) >= 11 is 0. The molecule has 5 nitrogen and oxygen atoms in total. The van der Waals surface area contributed by atoms with Crippen LogP contribution in [-0.2, 0) is 4.74 Å². The van der Waals surface area contributed by atoms with Crippen molar-refractivity contribution in [1.29, 1.82) is 0 Å². The van der Waals surface area contributed by atoms with Gasteiger partial charge < -0.3 is 15.5 Å². The molecule has 0 amide bonds. The highest BCUT2D eigenvalue weighted by Gasteiger charge is 2.48. The summed E-state index contributed by atoms with van der Waals surface area (Å²) in [6.45, 7) is 4.43. The van der Waals surface area contributed by atoms with Crippen LogP contribution >= 0.6 is 0 Å². The first-order valence-electron chi connectivity index (χ1n) is 5.80. The lowest BCUT2D eigenvalue weighted by Gasteiger charge is -2.51. The predicted molar refractivity (Wildman–Crippen MR) is 68.7 cm³/mol. The van der Waals surface area contributed by atoms with Crippen LogP contribution in [0.25, 0.3) is 0 Å². The van der Waals surface area contributed by atoms with E-state index in [0.717, 1.165) is 12.1 Å². The molecule has 1 heterocycles. The topological polar surface area (TPSA) is 72.2 Å². The van der Waals surface area contributed by atoms with Crippen molar-refractivity contribution in [3.8, 4) is 0 Å². The molecule has 1 aromatic rings. The summed E-state index contributed by atoms with van der Waals surface area (Å²) in [5, 5.41) is 3.49. The molecule has 5 heteroatoms. The van der Waals surface area contributed by atoms with Crippen LogP contribution in [-0.4, -0.2) is 24.2 Å². The Bertz CT molecular complexity index is 394. The molecule has 1 fully saturated rings. The van der Waals surface area contributed by atoms with E-state index in [9.17, 15) is 0 Å². The van der Waals surface area contributed by atoms with Crippen molar-refractivity contribution < 1.29 is 4.74 Å². The SMILES string of the molecule is COC1CC(Nc2ccnc(NN)c2)C1(C)C. The molecule has 2 unspecified atom stereocenters. The van der Waals surface area contributed by atoms with E-state index in [1.807, 2.05) is 12.1 Å². The van der Waals surface area contributed by atoms with Crippen molar-refractivity contribution in [1.82, 2.24) is 4.98 Å². The van der Waals surface area contributed by atoms with E-state index < -0.39 is 0 Å². The summed E-state index contributed by atoms with van der Waals surface area (Å²) in [7, 11) is 1.77. The molecule has 2 rings (SSSR count). The minimum absolute atomic E-state index is 0.147. The van der Waals surface area contributed by atoms with Crippen molar-refractivity contribution in [3.63, 3.8) is 0 Å². The maximum Gasteiger partial charge on any atom is 0.141 e. The predicted octanol–water partition coefficient (Wildman–Crippen LogP) is 1.59. The van der Waals surface area contributed by atoms with E-state index in [1.54, 1.807) is 13.3 Å². The lowest BCUT2D eigenvalue weighted by molar-refractivity contribution is -0.0794. The molecule has 0 aliphatic heterocycles. The summed E-state index contributed by atoms with van der Waals surface area (Å²) in [4.78, 5) is 4.08. The second kappa shape index (κ2) is 4.50. The molecule has 94 valence electrons. The lowest BCUT2D eigenvalue weighted by atomic mass is 9.64. The molecule has 1 saturated carbocycles. The van der Waals surface area contributed by atoms with E-state index >= 15 is 0 Å². The zero-order chi connectivity index (χ0) is 12.5. The number of pyridine rings is 1. The van der Waals surface area contributed by atoms with Gasteiger partial charge in [0.2, 0.25) is 0 Å². The quantitative estimate of drug-likeness (QED) is 0.547. The Hall–Kier alpha value is -1.33. The van der Waals surface area contributed by atoms with Gasteiger partial charge in [-0.25, -0.2) is 10.8 Å². The molecule has 1 aromatic heterocycles. The van der Waals surface area contributed by atoms with E-state index in [1.165, 1.54) is 0 Å². The third-order valence-electron chi connectivity index (χ3n) is 3.71. The molecule has 1 aliphatic rings. The third-order valence-corrected chi connectivity index (χ3v) is 3.71. The molecule has 4 N–H and O–H groups in total. The highest BCUT2D eigenvalue weighted by molar-refractivity contribution is 5.52. The van der Waals surface area contributed by atoms with Gasteiger partial charge in [-0.2, -0.15) is 0 Å². The van der Waals surface area contributed by atoms with Gasteiger partial charge in [-0.05, 0) is 12.5 Å². The van der Waals surface area contributed by atoms with E-state index in [-0.39, 0.29) is 5.41 Å². The largest absolute Gasteiger partial charge is 0.381 e. The second-order valence-corrected chi connectivity index (χ2v) is 5.05. The van der Waals surface area contributed by atoms with Gasteiger partial charge >= 0.3 is 0 Å². The zero-order valence-electron chi connectivity index (χ0n) is 10.5. The summed E-state index contributed by atoms with van der Waals surface area (Å²) in [6.07, 6.45) is 3.09. The standard InChI is InChI=1S/C12H20N4O/c1-12(2)9(7-10(12)17-3)15-8-4-5-14-11(6-8)16-13/h4-6,9-10H,7,13H2,1-3H3,(H2,14,15,16). The number of hydrogen-bond donors (Lipinski definition) is 3. The van der Waals surface area contributed by atoms with E-state index in [0.29, 0.717) is 18.0 Å². The van der Waals surface area contributed by atoms with Crippen molar-refractivity contribution >= 4 is 11.5 Å². The zero-order valence-corrected chi connectivity index (χ0v) is 10.5. The van der Waals surface area contributed by atoms with Gasteiger partial charge in [0.1, 0.15) is 5.82 Å². The number of ether oxygens (including phenoxy) is 1. The molecule has 17 heavy (non-hydrogen) atoms. The summed E-state index contributed by atoms with van der Waals surface area (Å²) in [6, 6.07) is 4.26. The fourth-order valence-electron chi connectivity index (χ4n) is 2.33. The summed E-state index contributed by atoms with van der Waals surface area (Å²) in [5.74, 6) is 6.00. The number of hydrogen-bond acceptors (Lipinski definition) is 5. The van der Waals surface area contributed by atoms with Crippen LogP contribution < -0.4 is 16.6 Å². The lowest BCUT2D eigenvalue weighted by Crippen LogP contribution is -2.57. The number of aromatic nitrogens is 1. The average molecular weight is 236 g/mol. The van der Waals surface area contributed by atoms with Crippen molar-refractivity contribution in [3.05, 3.63) is 18.3 Å². The number of anilines is 2. The molecule has 0 bridgehead atoms. The molecule has 2 atom stereocenters. The molecule has 0 saturated heterocycles. The maximum absolute atomic E-state index is 5.43. The smallest absolute Gasteiger partial charge is 0.141 e. The maximum atomic E-state index is 5.43. The number of nitrogens with one attached hydrogen (secondary N) is 2. The number of nitrogens with two attached hydrogens (primary N) is 1. The fourth-order valence-corrected chi connectivity index (χ4v) is 2.33. The number of nitrogen functional groups attached to an aromatic ring is 1. The summed E-state index contributed by atoms with van der Waals surface area (Å²) < 4.78 is 5.43. The van der Waals surface area contributed by atoms with Crippen LogP contribution in [0.2, 0.25) is 0 Å². The highest BCUT2D eigenvalue weighted by Crippen LogP contribution is 2.44. The Kier molecular flexibility index (Phi) is 3.22. The average Bonchev–Trinajstić information content (AvgIpc) is 2.34. The molecule has 0 spiro atoms. The first kappa shape index (κ1) is 12.1. The van der Waals surface area contributed by atoms with Gasteiger partial charge in [-0.15, -0.1) is 0 Å². The van der Waals surface area contributed by atoms with Crippen molar-refractivity contribution in [2.24, 2.45) is 11.3 Å². The molecular weight excluding hydrogens is 216 g/mol. The first-order chi connectivity index (χ1) is 8.07. The Morgan fingerprint density at radius 2 is 2.29 bits per heavy atom. The van der Waals surface area contributed by atoms with E-state index in [2.05, 4.69) is 29.6 Å². The van der Waals surface area contributed by atoms with Crippen LogP contribution in [0.3, 0.4) is 0 Å². The molecule has 1 aliphatic carbocycles. The van der Waals surface area contributed by atoms with Gasteiger partial charge in [0.15, 0.2) is 0 Å². The van der Waals surface area contributed by atoms with Crippen molar-refractivity contribution in [2.45, 2.75) is 32.4 Å². The summed E-state index contributed by atoms with van der Waals surface area (Å²) in [5.41, 5.74) is 3.72. The number of methoxy groups -OCH3 is 1. The van der Waals surface area contributed by atoms with Crippen LogP contribution in [0, 0.1) is 5.41 Å². The van der Waals surface area contributed by atoms with Gasteiger partial charge in [0.05, 0.1) is 6.10 Å². The van der Waals surface area contributed by atoms with E-state index in [4.69, 9.17) is 10.6 Å². The minimum atomic E-state index is 0.147. The normalized spacial score (nSPS) is 26.1. The second-order valence-electron chi connectivity index (χ2n) is 5.05. The van der Waals surface area contributed by atoms with Crippen molar-refractivity contribution in [2.75, 3.05) is 17.9 Å². The third kappa shape index (κ3) is 2.21. The van der Waals surface area contributed by atoms with Crippen LogP contribution in [0.5, 0.6) is 0 Å².